The highest BCUT2D eigenvalue weighted by atomic mass is 32.2. The normalized spacial score (nSPS) is 25.3. The molecule has 4 nitrogen and oxygen atoms in total. The molecule has 1 aromatic carbocycles. The first-order valence-corrected chi connectivity index (χ1v) is 6.31. The first-order chi connectivity index (χ1) is 7.66. The molecule has 1 N–H and O–H groups in total. The molecular formula is C11H14N2O2S. The van der Waals surface area contributed by atoms with Crippen LogP contribution in [0.4, 0.5) is 5.69 Å². The van der Waals surface area contributed by atoms with E-state index in [2.05, 4.69) is 12.2 Å². The summed E-state index contributed by atoms with van der Waals surface area (Å²) in [5, 5.41) is 14.2. The molecule has 86 valence electrons. The predicted octanol–water partition coefficient (Wildman–Crippen LogP) is 2.57. The van der Waals surface area contributed by atoms with Crippen molar-refractivity contribution in [3.63, 3.8) is 0 Å². The van der Waals surface area contributed by atoms with Gasteiger partial charge < -0.3 is 5.32 Å². The van der Waals surface area contributed by atoms with Crippen LogP contribution in [0.25, 0.3) is 0 Å². The Morgan fingerprint density at radius 1 is 1.56 bits per heavy atom. The molecule has 1 aromatic rings. The maximum Gasteiger partial charge on any atom is 0.269 e. The summed E-state index contributed by atoms with van der Waals surface area (Å²) in [5.74, 6) is 1.76. The topological polar surface area (TPSA) is 55.2 Å². The van der Waals surface area contributed by atoms with Crippen molar-refractivity contribution < 1.29 is 4.92 Å². The molecule has 0 aliphatic carbocycles. The van der Waals surface area contributed by atoms with Crippen LogP contribution in [0.3, 0.4) is 0 Å². The van der Waals surface area contributed by atoms with E-state index in [1.165, 1.54) is 6.07 Å². The van der Waals surface area contributed by atoms with Crippen LogP contribution in [0, 0.1) is 16.0 Å². The summed E-state index contributed by atoms with van der Waals surface area (Å²) in [6.45, 7) is 3.17. The highest BCUT2D eigenvalue weighted by Crippen LogP contribution is 2.32. The number of hydrogen-bond donors (Lipinski definition) is 1. The van der Waals surface area contributed by atoms with Gasteiger partial charge in [0.05, 0.1) is 10.3 Å². The molecule has 1 heterocycles. The minimum atomic E-state index is -0.348. The van der Waals surface area contributed by atoms with Crippen molar-refractivity contribution in [2.45, 2.75) is 12.3 Å². The molecule has 2 atom stereocenters. The largest absolute Gasteiger partial charge is 0.301 e. The fourth-order valence-electron chi connectivity index (χ4n) is 1.70. The molecule has 5 heteroatoms. The molecule has 0 bridgehead atoms. The van der Waals surface area contributed by atoms with Crippen LogP contribution in [-0.4, -0.2) is 17.2 Å². The maximum absolute atomic E-state index is 10.7. The Balaban J connectivity index is 2.14. The average molecular weight is 238 g/mol. The Bertz CT molecular complexity index is 389. The van der Waals surface area contributed by atoms with Crippen molar-refractivity contribution in [3.8, 4) is 0 Å². The van der Waals surface area contributed by atoms with Gasteiger partial charge in [-0.05, 0) is 23.8 Å². The zero-order valence-electron chi connectivity index (χ0n) is 9.05. The highest BCUT2D eigenvalue weighted by Gasteiger charge is 2.20. The smallest absolute Gasteiger partial charge is 0.269 e. The molecule has 0 amide bonds. The molecule has 0 radical (unpaired) electrons. The zero-order chi connectivity index (χ0) is 11.5. The van der Waals surface area contributed by atoms with Crippen LogP contribution < -0.4 is 5.32 Å². The van der Waals surface area contributed by atoms with Crippen molar-refractivity contribution in [1.82, 2.24) is 5.32 Å². The number of thioether (sulfide) groups is 1. The van der Waals surface area contributed by atoms with E-state index < -0.39 is 0 Å². The molecule has 2 rings (SSSR count). The van der Waals surface area contributed by atoms with Gasteiger partial charge in [0.1, 0.15) is 0 Å². The van der Waals surface area contributed by atoms with Gasteiger partial charge in [0, 0.05) is 12.1 Å². The van der Waals surface area contributed by atoms with E-state index in [1.807, 2.05) is 17.8 Å². The summed E-state index contributed by atoms with van der Waals surface area (Å²) in [5.41, 5.74) is 1.16. The van der Waals surface area contributed by atoms with E-state index in [0.29, 0.717) is 5.92 Å². The van der Waals surface area contributed by atoms with E-state index in [4.69, 9.17) is 0 Å². The Kier molecular flexibility index (Phi) is 3.46. The highest BCUT2D eigenvalue weighted by molar-refractivity contribution is 7.99. The molecular weight excluding hydrogens is 224 g/mol. The summed E-state index contributed by atoms with van der Waals surface area (Å²) in [7, 11) is 0. The van der Waals surface area contributed by atoms with Crippen molar-refractivity contribution in [1.29, 1.82) is 0 Å². The number of hydrogen-bond acceptors (Lipinski definition) is 4. The lowest BCUT2D eigenvalue weighted by Crippen LogP contribution is -2.31. The second-order valence-electron chi connectivity index (χ2n) is 4.08. The van der Waals surface area contributed by atoms with Gasteiger partial charge in [-0.1, -0.05) is 19.1 Å². The van der Waals surface area contributed by atoms with Gasteiger partial charge in [0.25, 0.3) is 5.69 Å². The number of benzene rings is 1. The molecule has 16 heavy (non-hydrogen) atoms. The first kappa shape index (κ1) is 11.4. The minimum Gasteiger partial charge on any atom is -0.301 e. The van der Waals surface area contributed by atoms with Gasteiger partial charge in [0.2, 0.25) is 0 Å². The van der Waals surface area contributed by atoms with Crippen LogP contribution in [0.2, 0.25) is 0 Å². The van der Waals surface area contributed by atoms with E-state index >= 15 is 0 Å². The van der Waals surface area contributed by atoms with Gasteiger partial charge in [-0.3, -0.25) is 10.1 Å². The van der Waals surface area contributed by atoms with Crippen LogP contribution in [0.15, 0.2) is 24.3 Å². The van der Waals surface area contributed by atoms with E-state index in [9.17, 15) is 10.1 Å². The second kappa shape index (κ2) is 4.84. The molecule has 0 spiro atoms. The summed E-state index contributed by atoms with van der Waals surface area (Å²) < 4.78 is 0. The zero-order valence-corrected chi connectivity index (χ0v) is 9.87. The van der Waals surface area contributed by atoms with E-state index in [-0.39, 0.29) is 16.0 Å². The third-order valence-electron chi connectivity index (χ3n) is 2.58. The summed E-state index contributed by atoms with van der Waals surface area (Å²) in [4.78, 5) is 10.3. The second-order valence-corrected chi connectivity index (χ2v) is 5.22. The van der Waals surface area contributed by atoms with Crippen molar-refractivity contribution in [2.75, 3.05) is 12.3 Å². The monoisotopic (exact) mass is 238 g/mol. The molecule has 1 aliphatic rings. The number of nitrogens with zero attached hydrogens (tertiary/aromatic N) is 1. The van der Waals surface area contributed by atoms with Crippen molar-refractivity contribution in [3.05, 3.63) is 39.9 Å². The van der Waals surface area contributed by atoms with Gasteiger partial charge in [0.15, 0.2) is 0 Å². The average Bonchev–Trinajstić information content (AvgIpc) is 2.30. The Morgan fingerprint density at radius 2 is 2.38 bits per heavy atom. The lowest BCUT2D eigenvalue weighted by Gasteiger charge is -2.27. The van der Waals surface area contributed by atoms with Crippen LogP contribution in [-0.2, 0) is 0 Å². The molecule has 1 saturated heterocycles. The Labute approximate surface area is 98.6 Å². The third-order valence-corrected chi connectivity index (χ3v) is 4.12. The number of nitro benzene ring substituents is 1. The van der Waals surface area contributed by atoms with E-state index in [0.717, 1.165) is 17.9 Å². The standard InChI is InChI=1S/C11H14N2O2S/c1-8-6-12-11(16-7-8)9-3-2-4-10(5-9)13(14)15/h2-5,8,11-12H,6-7H2,1H3. The lowest BCUT2D eigenvalue weighted by atomic mass is 10.1. The lowest BCUT2D eigenvalue weighted by molar-refractivity contribution is -0.384. The van der Waals surface area contributed by atoms with Gasteiger partial charge in [-0.15, -0.1) is 11.8 Å². The first-order valence-electron chi connectivity index (χ1n) is 5.26. The van der Waals surface area contributed by atoms with Crippen LogP contribution in [0.5, 0.6) is 0 Å². The fourth-order valence-corrected chi connectivity index (χ4v) is 2.89. The molecule has 0 saturated carbocycles. The quantitative estimate of drug-likeness (QED) is 0.635. The predicted molar refractivity (Wildman–Crippen MR) is 65.5 cm³/mol. The number of rotatable bonds is 2. The van der Waals surface area contributed by atoms with Gasteiger partial charge >= 0.3 is 0 Å². The Morgan fingerprint density at radius 3 is 3.00 bits per heavy atom. The van der Waals surface area contributed by atoms with Gasteiger partial charge in [-0.25, -0.2) is 0 Å². The van der Waals surface area contributed by atoms with Crippen LogP contribution in [0.1, 0.15) is 17.9 Å². The molecule has 1 aliphatic heterocycles. The third kappa shape index (κ3) is 2.54. The molecule has 1 fully saturated rings. The number of nitrogens with one attached hydrogen (secondary N) is 1. The Hall–Kier alpha value is -1.07. The number of non-ortho nitro benzene ring substituents is 1. The minimum absolute atomic E-state index is 0.165. The van der Waals surface area contributed by atoms with E-state index in [1.54, 1.807) is 12.1 Å². The summed E-state index contributed by atoms with van der Waals surface area (Å²) in [6, 6.07) is 6.86. The van der Waals surface area contributed by atoms with Crippen molar-refractivity contribution in [2.24, 2.45) is 5.92 Å². The van der Waals surface area contributed by atoms with Crippen LogP contribution >= 0.6 is 11.8 Å². The van der Waals surface area contributed by atoms with Gasteiger partial charge in [-0.2, -0.15) is 0 Å². The fraction of sp³-hybridized carbons (Fsp3) is 0.455. The summed E-state index contributed by atoms with van der Waals surface area (Å²) in [6.07, 6.45) is 0. The summed E-state index contributed by atoms with van der Waals surface area (Å²) >= 11 is 1.81. The maximum atomic E-state index is 10.7. The SMILES string of the molecule is CC1CNC(c2cccc([N+](=O)[O-])c2)SC1. The molecule has 2 unspecified atom stereocenters. The van der Waals surface area contributed by atoms with Crippen molar-refractivity contribution >= 4 is 17.4 Å². The number of nitro groups is 1. The molecule has 0 aromatic heterocycles.